The summed E-state index contributed by atoms with van der Waals surface area (Å²) in [5.41, 5.74) is 0.682. The molecule has 7 nitrogen and oxygen atoms in total. The van der Waals surface area contributed by atoms with E-state index in [0.717, 1.165) is 10.8 Å². The third-order valence-corrected chi connectivity index (χ3v) is 5.94. The van der Waals surface area contributed by atoms with E-state index in [-0.39, 0.29) is 31.1 Å². The van der Waals surface area contributed by atoms with Crippen LogP contribution in [-0.2, 0) is 9.59 Å². The number of benzene rings is 3. The molecule has 2 aliphatic heterocycles. The Kier molecular flexibility index (Phi) is 5.54. The summed E-state index contributed by atoms with van der Waals surface area (Å²) in [6, 6.07) is 19.2. The molecule has 0 radical (unpaired) electrons. The maximum atomic E-state index is 12.7. The molecule has 5 rings (SSSR count). The molecule has 3 aromatic carbocycles. The summed E-state index contributed by atoms with van der Waals surface area (Å²) in [4.78, 5) is 27.0. The zero-order valence-electron chi connectivity index (χ0n) is 17.6. The zero-order chi connectivity index (χ0) is 21.9. The second kappa shape index (κ2) is 8.78. The number of fused-ring (bicyclic) bond motifs is 2. The van der Waals surface area contributed by atoms with Crippen molar-refractivity contribution < 1.29 is 23.8 Å². The fraction of sp³-hybridized carbons (Fsp3) is 0.280. The van der Waals surface area contributed by atoms with E-state index in [1.807, 2.05) is 42.5 Å². The minimum atomic E-state index is -0.133. The molecule has 0 atom stereocenters. The molecule has 3 aromatic rings. The molecule has 2 heterocycles. The van der Waals surface area contributed by atoms with Crippen LogP contribution in [0, 0.1) is 5.92 Å². The first-order valence-corrected chi connectivity index (χ1v) is 10.8. The maximum absolute atomic E-state index is 12.7. The first-order valence-electron chi connectivity index (χ1n) is 10.8. The molecular formula is C25H24N2O5. The van der Waals surface area contributed by atoms with Gasteiger partial charge >= 0.3 is 0 Å². The Labute approximate surface area is 185 Å². The van der Waals surface area contributed by atoms with E-state index in [2.05, 4.69) is 5.32 Å². The number of carbonyl (C=O) groups is 2. The number of carbonyl (C=O) groups excluding carboxylic acids is 2. The fourth-order valence-electron chi connectivity index (χ4n) is 4.10. The van der Waals surface area contributed by atoms with Crippen molar-refractivity contribution in [3.05, 3.63) is 60.7 Å². The van der Waals surface area contributed by atoms with Crippen LogP contribution >= 0.6 is 0 Å². The molecule has 2 amide bonds. The minimum Gasteiger partial charge on any atom is -0.484 e. The van der Waals surface area contributed by atoms with Gasteiger partial charge in [-0.2, -0.15) is 0 Å². The molecule has 0 bridgehead atoms. The van der Waals surface area contributed by atoms with E-state index in [1.54, 1.807) is 23.1 Å². The number of amides is 2. The Morgan fingerprint density at radius 3 is 2.56 bits per heavy atom. The summed E-state index contributed by atoms with van der Waals surface area (Å²) in [6.07, 6.45) is 1.25. The zero-order valence-corrected chi connectivity index (χ0v) is 17.6. The van der Waals surface area contributed by atoms with Crippen molar-refractivity contribution in [1.29, 1.82) is 0 Å². The predicted octanol–water partition coefficient (Wildman–Crippen LogP) is 3.82. The van der Waals surface area contributed by atoms with E-state index >= 15 is 0 Å². The van der Waals surface area contributed by atoms with Gasteiger partial charge in [0, 0.05) is 30.8 Å². The van der Waals surface area contributed by atoms with Crippen LogP contribution in [0.3, 0.4) is 0 Å². The monoisotopic (exact) mass is 432 g/mol. The van der Waals surface area contributed by atoms with Crippen molar-refractivity contribution in [2.45, 2.75) is 12.8 Å². The van der Waals surface area contributed by atoms with Crippen molar-refractivity contribution in [1.82, 2.24) is 4.90 Å². The van der Waals surface area contributed by atoms with Crippen LogP contribution < -0.4 is 19.5 Å². The summed E-state index contributed by atoms with van der Waals surface area (Å²) in [5, 5.41) is 5.15. The third kappa shape index (κ3) is 4.32. The standard InChI is InChI=1S/C25H24N2O5/c28-24(15-30-21-7-5-17-3-1-2-4-19(17)13-21)27-11-9-18(10-12-27)25(29)26-20-6-8-22-23(14-20)32-16-31-22/h1-8,13-14,18H,9-12,15-16H2,(H,26,29). The van der Waals surface area contributed by atoms with Crippen molar-refractivity contribution >= 4 is 28.3 Å². The molecule has 1 N–H and O–H groups in total. The van der Waals surface area contributed by atoms with Crippen LogP contribution in [0.4, 0.5) is 5.69 Å². The van der Waals surface area contributed by atoms with Gasteiger partial charge in [0.15, 0.2) is 18.1 Å². The lowest BCUT2D eigenvalue weighted by molar-refractivity contribution is -0.136. The van der Waals surface area contributed by atoms with Gasteiger partial charge in [-0.1, -0.05) is 30.3 Å². The molecule has 164 valence electrons. The highest BCUT2D eigenvalue weighted by atomic mass is 16.7. The van der Waals surface area contributed by atoms with Crippen LogP contribution in [0.2, 0.25) is 0 Å². The quantitative estimate of drug-likeness (QED) is 0.663. The van der Waals surface area contributed by atoms with Crippen molar-refractivity contribution in [3.8, 4) is 17.2 Å². The Hall–Kier alpha value is -3.74. The first kappa shape index (κ1) is 20.2. The largest absolute Gasteiger partial charge is 0.484 e. The van der Waals surface area contributed by atoms with E-state index in [9.17, 15) is 9.59 Å². The molecule has 0 aliphatic carbocycles. The van der Waals surface area contributed by atoms with E-state index in [1.165, 1.54) is 0 Å². The van der Waals surface area contributed by atoms with Gasteiger partial charge in [0.1, 0.15) is 5.75 Å². The molecule has 1 fully saturated rings. The number of ether oxygens (including phenoxy) is 3. The lowest BCUT2D eigenvalue weighted by Gasteiger charge is -2.31. The number of nitrogens with zero attached hydrogens (tertiary/aromatic N) is 1. The summed E-state index contributed by atoms with van der Waals surface area (Å²) < 4.78 is 16.4. The second-order valence-corrected chi connectivity index (χ2v) is 8.01. The Bertz CT molecular complexity index is 1150. The van der Waals surface area contributed by atoms with Crippen LogP contribution in [-0.4, -0.2) is 43.2 Å². The lowest BCUT2D eigenvalue weighted by Crippen LogP contribution is -2.43. The van der Waals surface area contributed by atoms with Gasteiger partial charge < -0.3 is 24.4 Å². The molecule has 0 spiro atoms. The van der Waals surface area contributed by atoms with E-state index in [0.29, 0.717) is 48.9 Å². The Balaban J connectivity index is 1.10. The number of nitrogens with one attached hydrogen (secondary N) is 1. The van der Waals surface area contributed by atoms with Gasteiger partial charge in [0.2, 0.25) is 12.7 Å². The summed E-state index contributed by atoms with van der Waals surface area (Å²) in [5.74, 6) is 1.76. The number of hydrogen-bond donors (Lipinski definition) is 1. The topological polar surface area (TPSA) is 77.1 Å². The second-order valence-electron chi connectivity index (χ2n) is 8.01. The van der Waals surface area contributed by atoms with Crippen molar-refractivity contribution in [3.63, 3.8) is 0 Å². The summed E-state index contributed by atoms with van der Waals surface area (Å²) in [7, 11) is 0. The molecule has 7 heteroatoms. The molecule has 0 aromatic heterocycles. The highest BCUT2D eigenvalue weighted by molar-refractivity contribution is 5.93. The first-order chi connectivity index (χ1) is 15.7. The summed E-state index contributed by atoms with van der Waals surface area (Å²) in [6.45, 7) is 1.27. The van der Waals surface area contributed by atoms with Crippen molar-refractivity contribution in [2.75, 3.05) is 31.8 Å². The smallest absolute Gasteiger partial charge is 0.260 e. The molecule has 2 aliphatic rings. The molecule has 1 saturated heterocycles. The van der Waals surface area contributed by atoms with Crippen LogP contribution in [0.5, 0.6) is 17.2 Å². The Morgan fingerprint density at radius 2 is 1.72 bits per heavy atom. The number of likely N-dealkylation sites (tertiary alicyclic amines) is 1. The van der Waals surface area contributed by atoms with Crippen LogP contribution in [0.25, 0.3) is 10.8 Å². The van der Waals surface area contributed by atoms with E-state index < -0.39 is 0 Å². The lowest BCUT2D eigenvalue weighted by atomic mass is 9.95. The molecular weight excluding hydrogens is 408 g/mol. The maximum Gasteiger partial charge on any atom is 0.260 e. The number of piperidine rings is 1. The van der Waals surface area contributed by atoms with Gasteiger partial charge in [0.25, 0.3) is 5.91 Å². The highest BCUT2D eigenvalue weighted by Gasteiger charge is 2.28. The van der Waals surface area contributed by atoms with Gasteiger partial charge in [0.05, 0.1) is 0 Å². The SMILES string of the molecule is O=C(Nc1ccc2c(c1)OCO2)C1CCN(C(=O)COc2ccc3ccccc3c2)CC1. The van der Waals surface area contributed by atoms with Crippen molar-refractivity contribution in [2.24, 2.45) is 5.92 Å². The predicted molar refractivity (Wildman–Crippen MR) is 120 cm³/mol. The molecule has 32 heavy (non-hydrogen) atoms. The average molecular weight is 432 g/mol. The third-order valence-electron chi connectivity index (χ3n) is 5.94. The average Bonchev–Trinajstić information content (AvgIpc) is 3.30. The minimum absolute atomic E-state index is 0.00754. The normalized spacial score (nSPS) is 15.6. The van der Waals surface area contributed by atoms with Crippen LogP contribution in [0.15, 0.2) is 60.7 Å². The van der Waals surface area contributed by atoms with Gasteiger partial charge in [-0.15, -0.1) is 0 Å². The van der Waals surface area contributed by atoms with Crippen LogP contribution in [0.1, 0.15) is 12.8 Å². The Morgan fingerprint density at radius 1 is 0.938 bits per heavy atom. The number of rotatable bonds is 5. The molecule has 0 saturated carbocycles. The highest BCUT2D eigenvalue weighted by Crippen LogP contribution is 2.34. The number of anilines is 1. The van der Waals surface area contributed by atoms with Gasteiger partial charge in [-0.05, 0) is 47.9 Å². The van der Waals surface area contributed by atoms with Gasteiger partial charge in [-0.25, -0.2) is 0 Å². The number of hydrogen-bond acceptors (Lipinski definition) is 5. The summed E-state index contributed by atoms with van der Waals surface area (Å²) >= 11 is 0. The fourth-order valence-corrected chi connectivity index (χ4v) is 4.10. The molecule has 0 unspecified atom stereocenters. The van der Waals surface area contributed by atoms with Gasteiger partial charge in [-0.3, -0.25) is 9.59 Å². The van der Waals surface area contributed by atoms with E-state index in [4.69, 9.17) is 14.2 Å².